The fraction of sp³-hybridized carbons (Fsp3) is 0.267. The lowest BCUT2D eigenvalue weighted by Crippen LogP contribution is -2.28. The molecule has 0 spiro atoms. The average Bonchev–Trinajstić information content (AvgIpc) is 2.42. The molecule has 4 heteroatoms. The summed E-state index contributed by atoms with van der Waals surface area (Å²) in [5, 5.41) is 8.15. The summed E-state index contributed by atoms with van der Waals surface area (Å²) < 4.78 is 1.03. The number of carbonyl (C=O) groups excluding carboxylic acids is 1. The second kappa shape index (κ2) is 6.17. The van der Waals surface area contributed by atoms with Crippen molar-refractivity contribution in [3.63, 3.8) is 0 Å². The van der Waals surface area contributed by atoms with Gasteiger partial charge in [0.2, 0.25) is 5.91 Å². The minimum Gasteiger partial charge on any atom is -0.325 e. The van der Waals surface area contributed by atoms with Gasteiger partial charge in [-0.15, -0.1) is 0 Å². The second-order valence-electron chi connectivity index (χ2n) is 4.59. The van der Waals surface area contributed by atoms with Crippen LogP contribution in [0.25, 0.3) is 10.8 Å². The fourth-order valence-corrected chi connectivity index (χ4v) is 2.50. The van der Waals surface area contributed by atoms with Gasteiger partial charge >= 0.3 is 0 Å². The van der Waals surface area contributed by atoms with Gasteiger partial charge in [0.05, 0.1) is 0 Å². The van der Waals surface area contributed by atoms with E-state index in [1.807, 2.05) is 50.4 Å². The standard InChI is InChI=1S/C15H17BrN2O/c1-10(9-17-2)15(19)18-14-8-7-13(16)11-5-3-4-6-12(11)14/h3-8,10,17H,9H2,1-2H3,(H,18,19). The van der Waals surface area contributed by atoms with Crippen LogP contribution in [0.4, 0.5) is 5.69 Å². The van der Waals surface area contributed by atoms with Gasteiger partial charge in [0, 0.05) is 28.0 Å². The number of hydrogen-bond donors (Lipinski definition) is 2. The third-order valence-corrected chi connectivity index (χ3v) is 3.78. The Morgan fingerprint density at radius 3 is 2.58 bits per heavy atom. The van der Waals surface area contributed by atoms with Gasteiger partial charge in [-0.25, -0.2) is 0 Å². The smallest absolute Gasteiger partial charge is 0.228 e. The van der Waals surface area contributed by atoms with Crippen molar-refractivity contribution in [2.45, 2.75) is 6.92 Å². The predicted octanol–water partition coefficient (Wildman–Crippen LogP) is 3.40. The quantitative estimate of drug-likeness (QED) is 0.906. The minimum absolute atomic E-state index is 0.0295. The number of carbonyl (C=O) groups is 1. The Hall–Kier alpha value is -1.39. The molecule has 0 bridgehead atoms. The Morgan fingerprint density at radius 1 is 1.21 bits per heavy atom. The summed E-state index contributed by atoms with van der Waals surface area (Å²) in [7, 11) is 1.85. The van der Waals surface area contributed by atoms with Gasteiger partial charge in [0.25, 0.3) is 0 Å². The lowest BCUT2D eigenvalue weighted by atomic mass is 10.1. The highest BCUT2D eigenvalue weighted by Gasteiger charge is 2.13. The number of anilines is 1. The van der Waals surface area contributed by atoms with Crippen LogP contribution in [0.15, 0.2) is 40.9 Å². The van der Waals surface area contributed by atoms with Gasteiger partial charge in [-0.1, -0.05) is 47.1 Å². The Bertz CT molecular complexity index is 598. The molecule has 2 N–H and O–H groups in total. The molecule has 1 atom stereocenters. The summed E-state index contributed by atoms with van der Waals surface area (Å²) >= 11 is 3.53. The Labute approximate surface area is 121 Å². The first-order chi connectivity index (χ1) is 9.13. The maximum Gasteiger partial charge on any atom is 0.228 e. The summed E-state index contributed by atoms with van der Waals surface area (Å²) in [5.74, 6) is -0.0331. The van der Waals surface area contributed by atoms with E-state index in [1.54, 1.807) is 0 Å². The lowest BCUT2D eigenvalue weighted by Gasteiger charge is -2.14. The Balaban J connectivity index is 2.31. The molecule has 3 nitrogen and oxygen atoms in total. The summed E-state index contributed by atoms with van der Waals surface area (Å²) in [4.78, 5) is 12.1. The molecular weight excluding hydrogens is 304 g/mol. The molecule has 0 aliphatic heterocycles. The van der Waals surface area contributed by atoms with Crippen molar-refractivity contribution in [3.05, 3.63) is 40.9 Å². The molecular formula is C15H17BrN2O. The van der Waals surface area contributed by atoms with Crippen molar-refractivity contribution in [2.24, 2.45) is 5.92 Å². The molecule has 0 fully saturated rings. The van der Waals surface area contributed by atoms with Crippen LogP contribution in [0, 0.1) is 5.92 Å². The van der Waals surface area contributed by atoms with E-state index in [-0.39, 0.29) is 11.8 Å². The molecule has 0 aliphatic rings. The fourth-order valence-electron chi connectivity index (χ4n) is 2.03. The molecule has 100 valence electrons. The summed E-state index contributed by atoms with van der Waals surface area (Å²) in [6.45, 7) is 2.58. The molecule has 0 aliphatic carbocycles. The first-order valence-corrected chi connectivity index (χ1v) is 7.05. The largest absolute Gasteiger partial charge is 0.325 e. The summed E-state index contributed by atoms with van der Waals surface area (Å²) in [6, 6.07) is 11.9. The average molecular weight is 321 g/mol. The van der Waals surface area contributed by atoms with Gasteiger partial charge in [-0.2, -0.15) is 0 Å². The molecule has 0 saturated heterocycles. The molecule has 2 aromatic rings. The zero-order chi connectivity index (χ0) is 13.8. The van der Waals surface area contributed by atoms with Crippen molar-refractivity contribution in [3.8, 4) is 0 Å². The van der Waals surface area contributed by atoms with Crippen molar-refractivity contribution in [2.75, 3.05) is 18.9 Å². The topological polar surface area (TPSA) is 41.1 Å². The molecule has 2 aromatic carbocycles. The lowest BCUT2D eigenvalue weighted by molar-refractivity contribution is -0.119. The predicted molar refractivity (Wildman–Crippen MR) is 83.4 cm³/mol. The van der Waals surface area contributed by atoms with Gasteiger partial charge in [0.1, 0.15) is 0 Å². The molecule has 0 saturated carbocycles. The van der Waals surface area contributed by atoms with Crippen molar-refractivity contribution in [1.82, 2.24) is 5.32 Å². The Kier molecular flexibility index (Phi) is 4.56. The van der Waals surface area contributed by atoms with E-state index in [2.05, 4.69) is 26.6 Å². The van der Waals surface area contributed by atoms with Crippen LogP contribution in [-0.2, 0) is 4.79 Å². The van der Waals surface area contributed by atoms with Gasteiger partial charge in [-0.05, 0) is 24.6 Å². The van der Waals surface area contributed by atoms with Gasteiger partial charge < -0.3 is 10.6 Å². The van der Waals surface area contributed by atoms with Gasteiger partial charge in [0.15, 0.2) is 0 Å². The highest BCUT2D eigenvalue weighted by atomic mass is 79.9. The van der Waals surface area contributed by atoms with E-state index in [9.17, 15) is 4.79 Å². The normalized spacial score (nSPS) is 12.4. The van der Waals surface area contributed by atoms with Crippen LogP contribution < -0.4 is 10.6 Å². The molecule has 19 heavy (non-hydrogen) atoms. The zero-order valence-corrected chi connectivity index (χ0v) is 12.6. The molecule has 0 heterocycles. The first kappa shape index (κ1) is 14.0. The number of rotatable bonds is 4. The molecule has 1 unspecified atom stereocenters. The molecule has 0 radical (unpaired) electrons. The molecule has 1 amide bonds. The number of nitrogens with one attached hydrogen (secondary N) is 2. The van der Waals surface area contributed by atoms with Crippen molar-refractivity contribution >= 4 is 38.3 Å². The van der Waals surface area contributed by atoms with Gasteiger partial charge in [-0.3, -0.25) is 4.79 Å². The SMILES string of the molecule is CNCC(C)C(=O)Nc1ccc(Br)c2ccccc12. The summed E-state index contributed by atoms with van der Waals surface area (Å²) in [5.41, 5.74) is 0.853. The van der Waals surface area contributed by atoms with Crippen LogP contribution in [-0.4, -0.2) is 19.5 Å². The number of hydrogen-bond acceptors (Lipinski definition) is 2. The monoisotopic (exact) mass is 320 g/mol. The van der Waals surface area contributed by atoms with Crippen molar-refractivity contribution in [1.29, 1.82) is 0 Å². The zero-order valence-electron chi connectivity index (χ0n) is 11.0. The van der Waals surface area contributed by atoms with Crippen LogP contribution in [0.3, 0.4) is 0 Å². The van der Waals surface area contributed by atoms with E-state index < -0.39 is 0 Å². The highest BCUT2D eigenvalue weighted by Crippen LogP contribution is 2.30. The maximum absolute atomic E-state index is 12.1. The van der Waals surface area contributed by atoms with Crippen molar-refractivity contribution < 1.29 is 4.79 Å². The number of halogens is 1. The second-order valence-corrected chi connectivity index (χ2v) is 5.44. The van der Waals surface area contributed by atoms with E-state index in [4.69, 9.17) is 0 Å². The number of benzene rings is 2. The van der Waals surface area contributed by atoms with Crippen LogP contribution in [0.5, 0.6) is 0 Å². The minimum atomic E-state index is -0.0626. The third-order valence-electron chi connectivity index (χ3n) is 3.09. The van der Waals surface area contributed by atoms with Crippen LogP contribution in [0.1, 0.15) is 6.92 Å². The number of fused-ring (bicyclic) bond motifs is 1. The van der Waals surface area contributed by atoms with E-state index in [0.717, 1.165) is 20.9 Å². The van der Waals surface area contributed by atoms with E-state index in [0.29, 0.717) is 6.54 Å². The number of amides is 1. The Morgan fingerprint density at radius 2 is 1.89 bits per heavy atom. The highest BCUT2D eigenvalue weighted by molar-refractivity contribution is 9.10. The first-order valence-electron chi connectivity index (χ1n) is 6.26. The third kappa shape index (κ3) is 3.14. The molecule has 0 aromatic heterocycles. The maximum atomic E-state index is 12.1. The van der Waals surface area contributed by atoms with E-state index >= 15 is 0 Å². The molecule has 2 rings (SSSR count). The van der Waals surface area contributed by atoms with Crippen LogP contribution in [0.2, 0.25) is 0 Å². The van der Waals surface area contributed by atoms with Crippen LogP contribution >= 0.6 is 15.9 Å². The summed E-state index contributed by atoms with van der Waals surface area (Å²) in [6.07, 6.45) is 0. The van der Waals surface area contributed by atoms with E-state index in [1.165, 1.54) is 0 Å².